The van der Waals surface area contributed by atoms with E-state index in [1.807, 2.05) is 52.0 Å². The Morgan fingerprint density at radius 1 is 0.950 bits per heavy atom. The smallest absolute Gasteiger partial charge is 0.449 e. The first-order valence-electron chi connectivity index (χ1n) is 13.4. The second-order valence-corrected chi connectivity index (χ2v) is 11.3. The molecular weight excluding hydrogens is 508 g/mol. The van der Waals surface area contributed by atoms with Gasteiger partial charge in [0.15, 0.2) is 5.78 Å². The molecule has 206 valence electrons. The highest BCUT2D eigenvalue weighted by atomic mass is 19.1. The lowest BCUT2D eigenvalue weighted by Crippen LogP contribution is -2.41. The normalized spacial score (nSPS) is 17.4. The monoisotopic (exact) mass is 541 g/mol. The average molecular weight is 541 g/mol. The summed E-state index contributed by atoms with van der Waals surface area (Å²) in [5.41, 5.74) is 4.55. The lowest BCUT2D eigenvalue weighted by atomic mass is 9.77. The Balaban J connectivity index is 1.33. The van der Waals surface area contributed by atoms with Crippen LogP contribution in [-0.4, -0.2) is 43.3 Å². The van der Waals surface area contributed by atoms with Crippen LogP contribution in [0.3, 0.4) is 0 Å². The molecule has 1 heterocycles. The van der Waals surface area contributed by atoms with Gasteiger partial charge in [0.2, 0.25) is 0 Å². The SMILES string of the molecule is CC(=O)c1cc(C=C(CNC(=O)OCC2c3ccccc3-c3ccccc32)B2OC(C)(C)C(C)(C)O2)ccc1F. The van der Waals surface area contributed by atoms with E-state index in [0.29, 0.717) is 11.0 Å². The third-order valence-electron chi connectivity index (χ3n) is 8.06. The molecule has 1 fully saturated rings. The van der Waals surface area contributed by atoms with Crippen LogP contribution in [0.5, 0.6) is 0 Å². The van der Waals surface area contributed by atoms with Crippen molar-refractivity contribution in [1.29, 1.82) is 0 Å². The van der Waals surface area contributed by atoms with E-state index in [4.69, 9.17) is 14.0 Å². The topological polar surface area (TPSA) is 73.9 Å². The summed E-state index contributed by atoms with van der Waals surface area (Å²) in [6.45, 7) is 9.34. The van der Waals surface area contributed by atoms with Crippen LogP contribution < -0.4 is 5.32 Å². The molecule has 0 radical (unpaired) electrons. The average Bonchev–Trinajstić information content (AvgIpc) is 3.35. The molecule has 3 aromatic carbocycles. The fourth-order valence-electron chi connectivity index (χ4n) is 5.14. The number of carbonyl (C=O) groups excluding carboxylic acids is 2. The molecule has 1 N–H and O–H groups in total. The minimum absolute atomic E-state index is 0.00786. The van der Waals surface area contributed by atoms with Crippen molar-refractivity contribution in [2.45, 2.75) is 51.7 Å². The maximum atomic E-state index is 14.1. The standard InChI is InChI=1S/C32H33BFNO5/c1-20(36)27-17-21(14-15-29(27)34)16-22(33-39-31(2,3)32(4,5)40-33)18-35-30(37)38-19-28-25-12-8-6-10-23(25)24-11-7-9-13-26(24)28/h6-17,28H,18-19H2,1-5H3,(H,35,37). The maximum Gasteiger partial charge on any atom is 0.492 e. The molecule has 8 heteroatoms. The van der Waals surface area contributed by atoms with E-state index in [1.165, 1.54) is 19.1 Å². The van der Waals surface area contributed by atoms with Crippen LogP contribution in [0, 0.1) is 5.82 Å². The fraction of sp³-hybridized carbons (Fsp3) is 0.312. The second kappa shape index (κ2) is 10.7. The number of ether oxygens (including phenoxy) is 1. The van der Waals surface area contributed by atoms with Gasteiger partial charge in [-0.15, -0.1) is 0 Å². The number of nitrogens with one attached hydrogen (secondary N) is 1. The molecule has 0 unspecified atom stereocenters. The van der Waals surface area contributed by atoms with Crippen molar-refractivity contribution in [3.05, 3.63) is 100 Å². The Morgan fingerprint density at radius 3 is 2.10 bits per heavy atom. The summed E-state index contributed by atoms with van der Waals surface area (Å²) < 4.78 is 32.3. The highest BCUT2D eigenvalue weighted by Gasteiger charge is 2.52. The largest absolute Gasteiger partial charge is 0.492 e. The highest BCUT2D eigenvalue weighted by molar-refractivity contribution is 6.56. The van der Waals surface area contributed by atoms with Gasteiger partial charge in [0.25, 0.3) is 0 Å². The van der Waals surface area contributed by atoms with Gasteiger partial charge < -0.3 is 19.4 Å². The van der Waals surface area contributed by atoms with Crippen molar-refractivity contribution >= 4 is 25.1 Å². The third-order valence-corrected chi connectivity index (χ3v) is 8.06. The zero-order valence-corrected chi connectivity index (χ0v) is 23.4. The van der Waals surface area contributed by atoms with Gasteiger partial charge in [0.05, 0.1) is 16.8 Å². The van der Waals surface area contributed by atoms with Crippen LogP contribution in [0.4, 0.5) is 9.18 Å². The van der Waals surface area contributed by atoms with Gasteiger partial charge in [0, 0.05) is 12.5 Å². The highest BCUT2D eigenvalue weighted by Crippen LogP contribution is 2.44. The first-order valence-corrected chi connectivity index (χ1v) is 13.4. The number of halogens is 1. The van der Waals surface area contributed by atoms with Crippen molar-refractivity contribution in [3.63, 3.8) is 0 Å². The van der Waals surface area contributed by atoms with Crippen molar-refractivity contribution in [2.24, 2.45) is 0 Å². The van der Waals surface area contributed by atoms with Gasteiger partial charge in [-0.1, -0.05) is 60.7 Å². The predicted octanol–water partition coefficient (Wildman–Crippen LogP) is 6.58. The third kappa shape index (κ3) is 5.34. The van der Waals surface area contributed by atoms with E-state index in [0.717, 1.165) is 22.3 Å². The maximum absolute atomic E-state index is 14.1. The Morgan fingerprint density at radius 2 is 1.52 bits per heavy atom. The van der Waals surface area contributed by atoms with Gasteiger partial charge >= 0.3 is 13.2 Å². The molecule has 0 aromatic heterocycles. The summed E-state index contributed by atoms with van der Waals surface area (Å²) in [5.74, 6) is -1.01. The Bertz CT molecular complexity index is 1440. The molecule has 3 aromatic rings. The van der Waals surface area contributed by atoms with E-state index < -0.39 is 30.2 Å². The molecule has 40 heavy (non-hydrogen) atoms. The number of rotatable bonds is 7. The van der Waals surface area contributed by atoms with Crippen LogP contribution in [0.1, 0.15) is 67.6 Å². The molecule has 1 saturated heterocycles. The molecule has 6 nitrogen and oxygen atoms in total. The van der Waals surface area contributed by atoms with Crippen molar-refractivity contribution in [1.82, 2.24) is 5.32 Å². The Hall–Kier alpha value is -3.75. The minimum atomic E-state index is -0.760. The summed E-state index contributed by atoms with van der Waals surface area (Å²) in [6.07, 6.45) is 1.17. The van der Waals surface area contributed by atoms with Crippen molar-refractivity contribution in [2.75, 3.05) is 13.2 Å². The number of benzene rings is 3. The second-order valence-electron chi connectivity index (χ2n) is 11.3. The van der Waals surface area contributed by atoms with E-state index in [2.05, 4.69) is 29.6 Å². The first-order chi connectivity index (χ1) is 19.0. The van der Waals surface area contributed by atoms with E-state index >= 15 is 0 Å². The zero-order chi connectivity index (χ0) is 28.7. The molecule has 0 spiro atoms. The number of amides is 1. The van der Waals surface area contributed by atoms with Crippen molar-refractivity contribution in [3.8, 4) is 11.1 Å². The molecule has 0 saturated carbocycles. The summed E-state index contributed by atoms with van der Waals surface area (Å²) in [5, 5.41) is 2.82. The molecular formula is C32H33BFNO5. The first kappa shape index (κ1) is 27.8. The molecule has 5 rings (SSSR count). The van der Waals surface area contributed by atoms with Crippen LogP contribution in [-0.2, 0) is 14.0 Å². The Kier molecular flexibility index (Phi) is 7.42. The number of fused-ring (bicyclic) bond motifs is 3. The molecule has 0 bridgehead atoms. The lowest BCUT2D eigenvalue weighted by molar-refractivity contribution is 0.00578. The van der Waals surface area contributed by atoms with Crippen LogP contribution in [0.25, 0.3) is 17.2 Å². The summed E-state index contributed by atoms with van der Waals surface area (Å²) in [4.78, 5) is 24.8. The summed E-state index contributed by atoms with van der Waals surface area (Å²) >= 11 is 0. The van der Waals surface area contributed by atoms with E-state index in [1.54, 1.807) is 12.1 Å². The number of ketones is 1. The van der Waals surface area contributed by atoms with Gasteiger partial charge in [0.1, 0.15) is 12.4 Å². The van der Waals surface area contributed by atoms with Gasteiger partial charge in [-0.2, -0.15) is 0 Å². The fourth-order valence-corrected chi connectivity index (χ4v) is 5.14. The quantitative estimate of drug-likeness (QED) is 0.270. The van der Waals surface area contributed by atoms with Crippen LogP contribution in [0.15, 0.2) is 72.2 Å². The molecule has 1 aliphatic carbocycles. The molecule has 1 aliphatic heterocycles. The van der Waals surface area contributed by atoms with Gasteiger partial charge in [-0.25, -0.2) is 9.18 Å². The van der Waals surface area contributed by atoms with Crippen LogP contribution >= 0.6 is 0 Å². The van der Waals surface area contributed by atoms with E-state index in [9.17, 15) is 14.0 Å². The number of alkyl carbamates (subject to hydrolysis) is 1. The number of hydrogen-bond donors (Lipinski definition) is 1. The minimum Gasteiger partial charge on any atom is -0.449 e. The zero-order valence-electron chi connectivity index (χ0n) is 23.4. The van der Waals surface area contributed by atoms with E-state index in [-0.39, 0.29) is 30.4 Å². The van der Waals surface area contributed by atoms with Gasteiger partial charge in [-0.3, -0.25) is 4.79 Å². The number of hydrogen-bond acceptors (Lipinski definition) is 5. The summed E-state index contributed by atoms with van der Waals surface area (Å²) in [6, 6.07) is 20.6. The number of carbonyl (C=O) groups is 2. The predicted molar refractivity (Wildman–Crippen MR) is 154 cm³/mol. The van der Waals surface area contributed by atoms with Crippen molar-refractivity contribution < 1.29 is 28.0 Å². The number of Topliss-reactive ketones (excluding diaryl/α,β-unsaturated/α-hetero) is 1. The lowest BCUT2D eigenvalue weighted by Gasteiger charge is -2.32. The molecule has 2 aliphatic rings. The van der Waals surface area contributed by atoms with Crippen LogP contribution in [0.2, 0.25) is 0 Å². The molecule has 1 amide bonds. The summed E-state index contributed by atoms with van der Waals surface area (Å²) in [7, 11) is -0.760. The Labute approximate surface area is 234 Å². The molecule has 0 atom stereocenters. The van der Waals surface area contributed by atoms with Gasteiger partial charge in [-0.05, 0) is 80.0 Å².